The van der Waals surface area contributed by atoms with Crippen molar-refractivity contribution >= 4 is 5.91 Å². The van der Waals surface area contributed by atoms with Gasteiger partial charge in [0.15, 0.2) is 0 Å². The van der Waals surface area contributed by atoms with Crippen LogP contribution < -0.4 is 0 Å². The van der Waals surface area contributed by atoms with Crippen LogP contribution >= 0.6 is 0 Å². The zero-order valence-electron chi connectivity index (χ0n) is 9.20. The summed E-state index contributed by atoms with van der Waals surface area (Å²) in [5.41, 5.74) is 0. The molecule has 1 aliphatic rings. The van der Waals surface area contributed by atoms with Crippen molar-refractivity contribution < 1.29 is 4.79 Å². The van der Waals surface area contributed by atoms with Crippen molar-refractivity contribution in [2.24, 2.45) is 0 Å². The van der Waals surface area contributed by atoms with Gasteiger partial charge in [-0.15, -0.1) is 0 Å². The average molecular weight is 196 g/mol. The van der Waals surface area contributed by atoms with Gasteiger partial charge in [0.05, 0.1) is 0 Å². The molecule has 3 heteroatoms. The fourth-order valence-corrected chi connectivity index (χ4v) is 1.88. The number of carbonyl (C=O) groups excluding carboxylic acids is 1. The molecule has 0 aliphatic carbocycles. The summed E-state index contributed by atoms with van der Waals surface area (Å²) in [4.78, 5) is 15.5. The van der Waals surface area contributed by atoms with Crippen LogP contribution in [0.3, 0.4) is 0 Å². The van der Waals surface area contributed by atoms with Crippen LogP contribution in [0.5, 0.6) is 0 Å². The van der Waals surface area contributed by atoms with E-state index in [4.69, 9.17) is 0 Å². The van der Waals surface area contributed by atoms with Gasteiger partial charge < -0.3 is 4.90 Å². The van der Waals surface area contributed by atoms with Crippen molar-refractivity contribution in [3.05, 3.63) is 12.7 Å². The Morgan fingerprint density at radius 1 is 1.57 bits per heavy atom. The third-order valence-electron chi connectivity index (χ3n) is 2.78. The molecule has 0 aromatic carbocycles. The molecule has 1 fully saturated rings. The van der Waals surface area contributed by atoms with E-state index in [0.717, 1.165) is 26.2 Å². The van der Waals surface area contributed by atoms with Crippen molar-refractivity contribution in [3.8, 4) is 0 Å². The number of hydrogen-bond acceptors (Lipinski definition) is 2. The zero-order valence-corrected chi connectivity index (χ0v) is 9.20. The fraction of sp³-hybridized carbons (Fsp3) is 0.727. The molecule has 3 nitrogen and oxygen atoms in total. The number of carbonyl (C=O) groups is 1. The van der Waals surface area contributed by atoms with Gasteiger partial charge in [-0.3, -0.25) is 9.69 Å². The largest absolute Gasteiger partial charge is 0.336 e. The second-order valence-corrected chi connectivity index (χ2v) is 3.73. The van der Waals surface area contributed by atoms with Crippen molar-refractivity contribution in [1.82, 2.24) is 9.80 Å². The average Bonchev–Trinajstić information content (AvgIpc) is 2.13. The maximum absolute atomic E-state index is 11.2. The van der Waals surface area contributed by atoms with Crippen molar-refractivity contribution in [2.75, 3.05) is 26.2 Å². The maximum Gasteiger partial charge on any atom is 0.246 e. The summed E-state index contributed by atoms with van der Waals surface area (Å²) < 4.78 is 0. The van der Waals surface area contributed by atoms with E-state index in [1.807, 2.05) is 4.90 Å². The minimum absolute atomic E-state index is 0.0637. The molecule has 0 bridgehead atoms. The molecule has 80 valence electrons. The molecular weight excluding hydrogens is 176 g/mol. The molecule has 0 N–H and O–H groups in total. The van der Waals surface area contributed by atoms with E-state index in [9.17, 15) is 4.79 Å². The predicted molar refractivity (Wildman–Crippen MR) is 58.1 cm³/mol. The molecule has 14 heavy (non-hydrogen) atoms. The molecule has 0 atom stereocenters. The Bertz CT molecular complexity index is 209. The van der Waals surface area contributed by atoms with Crippen LogP contribution in [-0.4, -0.2) is 47.9 Å². The summed E-state index contributed by atoms with van der Waals surface area (Å²) in [6.07, 6.45) is 2.58. The van der Waals surface area contributed by atoms with Gasteiger partial charge in [-0.2, -0.15) is 0 Å². The van der Waals surface area contributed by atoms with E-state index in [1.165, 1.54) is 12.5 Å². The molecular formula is C11H20N2O. The van der Waals surface area contributed by atoms with Gasteiger partial charge in [0.25, 0.3) is 0 Å². The highest BCUT2D eigenvalue weighted by Gasteiger charge is 2.32. The summed E-state index contributed by atoms with van der Waals surface area (Å²) in [6, 6.07) is 0.573. The van der Waals surface area contributed by atoms with Gasteiger partial charge in [0.1, 0.15) is 0 Å². The fourth-order valence-electron chi connectivity index (χ4n) is 1.88. The third kappa shape index (κ3) is 2.35. The van der Waals surface area contributed by atoms with Gasteiger partial charge >= 0.3 is 0 Å². The summed E-state index contributed by atoms with van der Waals surface area (Å²) in [5.74, 6) is 0.0637. The maximum atomic E-state index is 11.2. The van der Waals surface area contributed by atoms with E-state index in [1.54, 1.807) is 0 Å². The lowest BCUT2D eigenvalue weighted by atomic mass is 10.1. The highest BCUT2D eigenvalue weighted by Crippen LogP contribution is 2.15. The highest BCUT2D eigenvalue weighted by molar-refractivity contribution is 5.87. The van der Waals surface area contributed by atoms with Gasteiger partial charge in [-0.1, -0.05) is 20.4 Å². The molecule has 1 rings (SSSR count). The number of likely N-dealkylation sites (N-methyl/N-ethyl adjacent to an activating group) is 1. The van der Waals surface area contributed by atoms with Crippen LogP contribution in [0.1, 0.15) is 20.3 Å². The van der Waals surface area contributed by atoms with Crippen molar-refractivity contribution in [3.63, 3.8) is 0 Å². The molecule has 0 spiro atoms. The number of hydrogen-bond donors (Lipinski definition) is 0. The standard InChI is InChI=1S/C11H20N2O/c1-4-7-12(6-3)10-8-13(9-10)11(14)5-2/h5,10H,2,4,6-9H2,1,3H3. The molecule has 0 aromatic rings. The first-order chi connectivity index (χ1) is 6.72. The van der Waals surface area contributed by atoms with Crippen LogP contribution in [0.4, 0.5) is 0 Å². The molecule has 0 saturated carbocycles. The number of rotatable bonds is 5. The zero-order chi connectivity index (χ0) is 10.6. The van der Waals surface area contributed by atoms with Gasteiger partial charge in [-0.25, -0.2) is 0 Å². The Balaban J connectivity index is 2.31. The van der Waals surface area contributed by atoms with Crippen molar-refractivity contribution in [1.29, 1.82) is 0 Å². The normalized spacial score (nSPS) is 16.9. The Morgan fingerprint density at radius 2 is 2.21 bits per heavy atom. The van der Waals surface area contributed by atoms with Crippen LogP contribution in [-0.2, 0) is 4.79 Å². The molecule has 1 heterocycles. The van der Waals surface area contributed by atoms with E-state index < -0.39 is 0 Å². The van der Waals surface area contributed by atoms with Crippen LogP contribution in [0, 0.1) is 0 Å². The molecule has 0 radical (unpaired) electrons. The number of nitrogens with zero attached hydrogens (tertiary/aromatic N) is 2. The molecule has 1 saturated heterocycles. The first-order valence-corrected chi connectivity index (χ1v) is 5.38. The van der Waals surface area contributed by atoms with Crippen LogP contribution in [0.2, 0.25) is 0 Å². The Morgan fingerprint density at radius 3 is 2.64 bits per heavy atom. The highest BCUT2D eigenvalue weighted by atomic mass is 16.2. The summed E-state index contributed by atoms with van der Waals surface area (Å²) >= 11 is 0. The summed E-state index contributed by atoms with van der Waals surface area (Å²) in [6.45, 7) is 11.8. The van der Waals surface area contributed by atoms with E-state index in [-0.39, 0.29) is 5.91 Å². The van der Waals surface area contributed by atoms with E-state index >= 15 is 0 Å². The van der Waals surface area contributed by atoms with E-state index in [2.05, 4.69) is 25.3 Å². The van der Waals surface area contributed by atoms with Crippen LogP contribution in [0.15, 0.2) is 12.7 Å². The first-order valence-electron chi connectivity index (χ1n) is 5.38. The quantitative estimate of drug-likeness (QED) is 0.615. The minimum atomic E-state index is 0.0637. The van der Waals surface area contributed by atoms with Gasteiger partial charge in [0.2, 0.25) is 5.91 Å². The van der Waals surface area contributed by atoms with Crippen LogP contribution in [0.25, 0.3) is 0 Å². The Kier molecular flexibility index (Phi) is 4.14. The minimum Gasteiger partial charge on any atom is -0.336 e. The molecule has 1 amide bonds. The summed E-state index contributed by atoms with van der Waals surface area (Å²) in [7, 11) is 0. The molecule has 1 aliphatic heterocycles. The van der Waals surface area contributed by atoms with Crippen molar-refractivity contribution in [2.45, 2.75) is 26.3 Å². The first kappa shape index (κ1) is 11.2. The Labute approximate surface area is 86.4 Å². The SMILES string of the molecule is C=CC(=O)N1CC(N(CC)CCC)C1. The third-order valence-corrected chi connectivity index (χ3v) is 2.78. The lowest BCUT2D eigenvalue weighted by molar-refractivity contribution is -0.133. The number of amides is 1. The lowest BCUT2D eigenvalue weighted by Crippen LogP contribution is -2.60. The predicted octanol–water partition coefficient (Wildman–Crippen LogP) is 1.12. The monoisotopic (exact) mass is 196 g/mol. The summed E-state index contributed by atoms with van der Waals surface area (Å²) in [5, 5.41) is 0. The van der Waals surface area contributed by atoms with E-state index in [0.29, 0.717) is 6.04 Å². The second-order valence-electron chi connectivity index (χ2n) is 3.73. The second kappa shape index (κ2) is 5.15. The topological polar surface area (TPSA) is 23.6 Å². The Hall–Kier alpha value is -0.830. The molecule has 0 aromatic heterocycles. The smallest absolute Gasteiger partial charge is 0.246 e. The lowest BCUT2D eigenvalue weighted by Gasteiger charge is -2.44. The molecule has 0 unspecified atom stereocenters. The van der Waals surface area contributed by atoms with Gasteiger partial charge in [0, 0.05) is 19.1 Å². The number of likely N-dealkylation sites (tertiary alicyclic amines) is 1. The van der Waals surface area contributed by atoms with Gasteiger partial charge in [-0.05, 0) is 25.6 Å².